The number of carbonyl (C=O) groups is 1. The molecule has 0 saturated heterocycles. The van der Waals surface area contributed by atoms with Crippen LogP contribution in [0.3, 0.4) is 0 Å². The first-order valence-corrected chi connectivity index (χ1v) is 8.00. The summed E-state index contributed by atoms with van der Waals surface area (Å²) >= 11 is 0. The average molecular weight is 262 g/mol. The largest absolute Gasteiger partial charge is 0.355 e. The van der Waals surface area contributed by atoms with Crippen LogP contribution in [0.5, 0.6) is 0 Å². The van der Waals surface area contributed by atoms with Crippen LogP contribution in [0.4, 0.5) is 0 Å². The zero-order valence-corrected chi connectivity index (χ0v) is 11.1. The van der Waals surface area contributed by atoms with Crippen LogP contribution in [0.2, 0.25) is 0 Å². The second kappa shape index (κ2) is 6.35. The molecule has 1 aliphatic rings. The minimum absolute atomic E-state index is 0.0231. The third-order valence-electron chi connectivity index (χ3n) is 3.45. The van der Waals surface area contributed by atoms with Crippen LogP contribution in [0.25, 0.3) is 0 Å². The van der Waals surface area contributed by atoms with E-state index in [1.165, 1.54) is 0 Å². The first kappa shape index (κ1) is 14.4. The normalized spacial score (nSPS) is 24.8. The fourth-order valence-corrected chi connectivity index (χ4v) is 2.97. The number of nitrogens with two attached hydrogens (primary N) is 1. The van der Waals surface area contributed by atoms with Gasteiger partial charge in [0.2, 0.25) is 5.91 Å². The van der Waals surface area contributed by atoms with E-state index in [0.29, 0.717) is 6.54 Å². The maximum atomic E-state index is 11.8. The molecule has 5 nitrogen and oxygen atoms in total. The average Bonchev–Trinajstić information content (AvgIpc) is 2.76. The van der Waals surface area contributed by atoms with Gasteiger partial charge in [0.15, 0.2) is 9.84 Å². The molecule has 1 saturated carbocycles. The van der Waals surface area contributed by atoms with Crippen molar-refractivity contribution < 1.29 is 13.2 Å². The molecule has 2 atom stereocenters. The second-order valence-electron chi connectivity index (χ2n) is 4.56. The molecule has 0 spiro atoms. The molecule has 0 aromatic rings. The second-order valence-corrected chi connectivity index (χ2v) is 7.03. The molecule has 3 N–H and O–H groups in total. The molecule has 0 heterocycles. The maximum absolute atomic E-state index is 11.8. The molecular weight excluding hydrogens is 240 g/mol. The highest BCUT2D eigenvalue weighted by molar-refractivity contribution is 7.91. The third kappa shape index (κ3) is 4.27. The van der Waals surface area contributed by atoms with Gasteiger partial charge in [0.05, 0.1) is 5.75 Å². The summed E-state index contributed by atoms with van der Waals surface area (Å²) in [4.78, 5) is 11.8. The first-order valence-electron chi connectivity index (χ1n) is 6.18. The SMILES string of the molecule is CCS(=O)(=O)CCNC(=O)[C@@H]1CCC[C@@H]1CN. The highest BCUT2D eigenvalue weighted by Crippen LogP contribution is 2.30. The van der Waals surface area contributed by atoms with E-state index in [4.69, 9.17) is 5.73 Å². The predicted molar refractivity (Wildman–Crippen MR) is 67.2 cm³/mol. The maximum Gasteiger partial charge on any atom is 0.223 e. The molecule has 0 radical (unpaired) electrons. The molecule has 6 heteroatoms. The number of amides is 1. The molecule has 0 aliphatic heterocycles. The van der Waals surface area contributed by atoms with Crippen LogP contribution in [0.15, 0.2) is 0 Å². The van der Waals surface area contributed by atoms with Crippen molar-refractivity contribution in [1.82, 2.24) is 5.32 Å². The molecule has 1 fully saturated rings. The lowest BCUT2D eigenvalue weighted by atomic mass is 9.95. The van der Waals surface area contributed by atoms with Gasteiger partial charge < -0.3 is 11.1 Å². The molecule has 1 rings (SSSR count). The van der Waals surface area contributed by atoms with Crippen molar-refractivity contribution in [2.45, 2.75) is 26.2 Å². The lowest BCUT2D eigenvalue weighted by Crippen LogP contribution is -2.37. The van der Waals surface area contributed by atoms with Gasteiger partial charge in [0, 0.05) is 18.2 Å². The summed E-state index contributed by atoms with van der Waals surface area (Å²) in [5.41, 5.74) is 5.61. The van der Waals surface area contributed by atoms with Gasteiger partial charge in [-0.25, -0.2) is 8.42 Å². The number of rotatable bonds is 6. The van der Waals surface area contributed by atoms with Crippen molar-refractivity contribution in [2.24, 2.45) is 17.6 Å². The molecule has 0 bridgehead atoms. The van der Waals surface area contributed by atoms with E-state index in [-0.39, 0.29) is 35.8 Å². The monoisotopic (exact) mass is 262 g/mol. The quantitative estimate of drug-likeness (QED) is 0.700. The summed E-state index contributed by atoms with van der Waals surface area (Å²) in [6, 6.07) is 0. The Kier molecular flexibility index (Phi) is 5.39. The predicted octanol–water partition coefficient (Wildman–Crippen LogP) is -0.0877. The zero-order valence-electron chi connectivity index (χ0n) is 10.3. The van der Waals surface area contributed by atoms with Gasteiger partial charge in [-0.1, -0.05) is 13.3 Å². The van der Waals surface area contributed by atoms with Gasteiger partial charge in [0.1, 0.15) is 0 Å². The lowest BCUT2D eigenvalue weighted by molar-refractivity contribution is -0.125. The Morgan fingerprint density at radius 3 is 2.71 bits per heavy atom. The van der Waals surface area contributed by atoms with E-state index in [1.54, 1.807) is 6.92 Å². The summed E-state index contributed by atoms with van der Waals surface area (Å²) in [5.74, 6) is 0.346. The van der Waals surface area contributed by atoms with E-state index in [1.807, 2.05) is 0 Å². The van der Waals surface area contributed by atoms with E-state index in [9.17, 15) is 13.2 Å². The van der Waals surface area contributed by atoms with E-state index in [2.05, 4.69) is 5.32 Å². The van der Waals surface area contributed by atoms with Crippen molar-refractivity contribution in [1.29, 1.82) is 0 Å². The van der Waals surface area contributed by atoms with Gasteiger partial charge in [0.25, 0.3) is 0 Å². The molecule has 0 unspecified atom stereocenters. The zero-order chi connectivity index (χ0) is 12.9. The minimum Gasteiger partial charge on any atom is -0.355 e. The number of hydrogen-bond donors (Lipinski definition) is 2. The fourth-order valence-electron chi connectivity index (χ4n) is 2.27. The molecule has 0 aromatic carbocycles. The number of nitrogens with one attached hydrogen (secondary N) is 1. The van der Waals surface area contributed by atoms with E-state index < -0.39 is 9.84 Å². The Bertz CT molecular complexity index is 354. The summed E-state index contributed by atoms with van der Waals surface area (Å²) in [7, 11) is -3.00. The van der Waals surface area contributed by atoms with Crippen molar-refractivity contribution in [3.05, 3.63) is 0 Å². The van der Waals surface area contributed by atoms with Gasteiger partial charge >= 0.3 is 0 Å². The molecule has 0 aromatic heterocycles. The van der Waals surface area contributed by atoms with Gasteiger partial charge in [-0.3, -0.25) is 4.79 Å². The van der Waals surface area contributed by atoms with Crippen LogP contribution in [0.1, 0.15) is 26.2 Å². The molecule has 17 heavy (non-hydrogen) atoms. The Balaban J connectivity index is 2.35. The van der Waals surface area contributed by atoms with Gasteiger partial charge in [-0.15, -0.1) is 0 Å². The smallest absolute Gasteiger partial charge is 0.223 e. The highest BCUT2D eigenvalue weighted by Gasteiger charge is 2.31. The van der Waals surface area contributed by atoms with Crippen molar-refractivity contribution in [3.8, 4) is 0 Å². The number of carbonyl (C=O) groups excluding carboxylic acids is 1. The fraction of sp³-hybridized carbons (Fsp3) is 0.909. The van der Waals surface area contributed by atoms with Crippen molar-refractivity contribution >= 4 is 15.7 Å². The van der Waals surface area contributed by atoms with Crippen molar-refractivity contribution in [3.63, 3.8) is 0 Å². The Labute approximate surface area is 103 Å². The molecule has 100 valence electrons. The Morgan fingerprint density at radius 1 is 1.41 bits per heavy atom. The van der Waals surface area contributed by atoms with E-state index in [0.717, 1.165) is 19.3 Å². The molecular formula is C11H22N2O3S. The van der Waals surface area contributed by atoms with Crippen LogP contribution < -0.4 is 11.1 Å². The Morgan fingerprint density at radius 2 is 2.12 bits per heavy atom. The first-order chi connectivity index (χ1) is 8.00. The van der Waals surface area contributed by atoms with Gasteiger partial charge in [-0.05, 0) is 25.3 Å². The lowest BCUT2D eigenvalue weighted by Gasteiger charge is -2.17. The standard InChI is InChI=1S/C11H22N2O3S/c1-2-17(15,16)7-6-13-11(14)10-5-3-4-9(10)8-12/h9-10H,2-8,12H2,1H3,(H,13,14)/t9-,10-/m1/s1. The van der Waals surface area contributed by atoms with Crippen molar-refractivity contribution in [2.75, 3.05) is 24.6 Å². The minimum atomic E-state index is -3.00. The van der Waals surface area contributed by atoms with Crippen LogP contribution >= 0.6 is 0 Å². The summed E-state index contributed by atoms with van der Waals surface area (Å²) in [5, 5.41) is 2.71. The Hall–Kier alpha value is -0.620. The third-order valence-corrected chi connectivity index (χ3v) is 5.16. The number of hydrogen-bond acceptors (Lipinski definition) is 4. The van der Waals surface area contributed by atoms with Crippen LogP contribution in [-0.2, 0) is 14.6 Å². The molecule has 1 aliphatic carbocycles. The van der Waals surface area contributed by atoms with Gasteiger partial charge in [-0.2, -0.15) is 0 Å². The highest BCUT2D eigenvalue weighted by atomic mass is 32.2. The summed E-state index contributed by atoms with van der Waals surface area (Å²) < 4.78 is 22.5. The van der Waals surface area contributed by atoms with E-state index >= 15 is 0 Å². The molecule has 1 amide bonds. The summed E-state index contributed by atoms with van der Waals surface area (Å²) in [6.45, 7) is 2.35. The van der Waals surface area contributed by atoms with Crippen LogP contribution in [0, 0.1) is 11.8 Å². The summed E-state index contributed by atoms with van der Waals surface area (Å²) in [6.07, 6.45) is 2.91. The number of sulfone groups is 1. The topological polar surface area (TPSA) is 89.3 Å². The van der Waals surface area contributed by atoms with Crippen LogP contribution in [-0.4, -0.2) is 38.9 Å².